The number of likely N-dealkylation sites (tertiary alicyclic amines) is 1. The molecule has 1 N–H and O–H groups in total. The molecule has 3 nitrogen and oxygen atoms in total. The lowest BCUT2D eigenvalue weighted by Gasteiger charge is -2.25. The van der Waals surface area contributed by atoms with Gasteiger partial charge in [-0.25, -0.2) is 0 Å². The summed E-state index contributed by atoms with van der Waals surface area (Å²) in [6, 6.07) is 7.93. The van der Waals surface area contributed by atoms with Crippen LogP contribution in [-0.2, 0) is 4.79 Å². The van der Waals surface area contributed by atoms with Crippen LogP contribution in [0, 0.1) is 6.92 Å². The summed E-state index contributed by atoms with van der Waals surface area (Å²) >= 11 is 0. The fraction of sp³-hybridized carbons (Fsp3) is 0.588. The molecule has 0 saturated carbocycles. The maximum absolute atomic E-state index is 11.8. The molecule has 1 aliphatic rings. The van der Waals surface area contributed by atoms with E-state index in [4.69, 9.17) is 0 Å². The third kappa shape index (κ3) is 6.20. The molecule has 0 aromatic heterocycles. The van der Waals surface area contributed by atoms with Gasteiger partial charge in [-0.1, -0.05) is 32.4 Å². The van der Waals surface area contributed by atoms with Crippen LogP contribution in [0.2, 0.25) is 0 Å². The number of carbonyl (C=O) groups excluding carboxylic acids is 1. The van der Waals surface area contributed by atoms with E-state index in [9.17, 15) is 4.79 Å². The van der Waals surface area contributed by atoms with Gasteiger partial charge in [0.2, 0.25) is 5.91 Å². The molecule has 1 amide bonds. The van der Waals surface area contributed by atoms with Crippen LogP contribution in [0.1, 0.15) is 45.1 Å². The maximum Gasteiger partial charge on any atom is 0.225 e. The van der Waals surface area contributed by atoms with E-state index in [1.54, 1.807) is 0 Å². The van der Waals surface area contributed by atoms with Crippen LogP contribution in [0.15, 0.2) is 24.3 Å². The number of anilines is 1. The van der Waals surface area contributed by atoms with Crippen molar-refractivity contribution in [2.45, 2.75) is 46.5 Å². The lowest BCUT2D eigenvalue weighted by Crippen LogP contribution is -2.32. The standard InChI is InChI=1S/C15H22N2O.C2H6/c1-13-6-5-7-14(12-13)16-15(18)8-11-17-9-3-2-4-10-17;1-2/h5-7,12H,2-4,8-11H2,1H3,(H,16,18);1-2H3. The van der Waals surface area contributed by atoms with Gasteiger partial charge in [0.15, 0.2) is 0 Å². The Morgan fingerprint density at radius 3 is 2.55 bits per heavy atom. The maximum atomic E-state index is 11.8. The van der Waals surface area contributed by atoms with Gasteiger partial charge in [0, 0.05) is 18.7 Å². The molecule has 0 radical (unpaired) electrons. The number of hydrogen-bond donors (Lipinski definition) is 1. The van der Waals surface area contributed by atoms with Gasteiger partial charge in [-0.15, -0.1) is 0 Å². The van der Waals surface area contributed by atoms with Crippen LogP contribution in [0.5, 0.6) is 0 Å². The monoisotopic (exact) mass is 276 g/mol. The minimum Gasteiger partial charge on any atom is -0.326 e. The number of benzene rings is 1. The number of hydrogen-bond acceptors (Lipinski definition) is 2. The molecule has 1 aromatic carbocycles. The Morgan fingerprint density at radius 2 is 1.90 bits per heavy atom. The molecule has 112 valence electrons. The van der Waals surface area contributed by atoms with Crippen molar-refractivity contribution in [1.82, 2.24) is 4.90 Å². The van der Waals surface area contributed by atoms with E-state index in [2.05, 4.69) is 10.2 Å². The number of aryl methyl sites for hydroxylation is 1. The largest absolute Gasteiger partial charge is 0.326 e. The second-order valence-electron chi connectivity index (χ2n) is 5.07. The van der Waals surface area contributed by atoms with E-state index >= 15 is 0 Å². The minimum absolute atomic E-state index is 0.117. The first-order chi connectivity index (χ1) is 9.74. The Bertz CT molecular complexity index is 398. The molecule has 1 aromatic rings. The Morgan fingerprint density at radius 1 is 1.20 bits per heavy atom. The third-order valence-corrected chi connectivity index (χ3v) is 3.41. The number of nitrogens with zero attached hydrogens (tertiary/aromatic N) is 1. The topological polar surface area (TPSA) is 32.3 Å². The van der Waals surface area contributed by atoms with E-state index in [1.165, 1.54) is 24.8 Å². The third-order valence-electron chi connectivity index (χ3n) is 3.41. The van der Waals surface area contributed by atoms with Crippen molar-refractivity contribution in [3.05, 3.63) is 29.8 Å². The first kappa shape index (κ1) is 16.7. The molecule has 3 heteroatoms. The van der Waals surface area contributed by atoms with E-state index in [-0.39, 0.29) is 5.91 Å². The summed E-state index contributed by atoms with van der Waals surface area (Å²) in [6.45, 7) is 9.22. The molecule has 20 heavy (non-hydrogen) atoms. The van der Waals surface area contributed by atoms with E-state index < -0.39 is 0 Å². The zero-order chi connectivity index (χ0) is 14.8. The van der Waals surface area contributed by atoms with Gasteiger partial charge in [0.1, 0.15) is 0 Å². The van der Waals surface area contributed by atoms with Crippen LogP contribution in [-0.4, -0.2) is 30.4 Å². The van der Waals surface area contributed by atoms with Crippen LogP contribution in [0.3, 0.4) is 0 Å². The summed E-state index contributed by atoms with van der Waals surface area (Å²) in [5.41, 5.74) is 2.07. The van der Waals surface area contributed by atoms with Gasteiger partial charge in [-0.05, 0) is 50.6 Å². The van der Waals surface area contributed by atoms with Crippen molar-refractivity contribution < 1.29 is 4.79 Å². The van der Waals surface area contributed by atoms with Gasteiger partial charge in [-0.2, -0.15) is 0 Å². The number of carbonyl (C=O) groups is 1. The molecule has 1 heterocycles. The molecular weight excluding hydrogens is 248 g/mol. The lowest BCUT2D eigenvalue weighted by atomic mass is 10.1. The van der Waals surface area contributed by atoms with E-state index in [0.29, 0.717) is 6.42 Å². The number of nitrogens with one attached hydrogen (secondary N) is 1. The predicted molar refractivity (Wildman–Crippen MR) is 86.1 cm³/mol. The molecular formula is C17H28N2O. The molecule has 1 saturated heterocycles. The smallest absolute Gasteiger partial charge is 0.225 e. The summed E-state index contributed by atoms with van der Waals surface area (Å²) in [4.78, 5) is 14.2. The molecule has 1 aliphatic heterocycles. The molecule has 1 fully saturated rings. The highest BCUT2D eigenvalue weighted by atomic mass is 16.1. The van der Waals surface area contributed by atoms with Crippen molar-refractivity contribution in [2.75, 3.05) is 25.0 Å². The fourth-order valence-electron chi connectivity index (χ4n) is 2.39. The van der Waals surface area contributed by atoms with Gasteiger partial charge in [0.05, 0.1) is 0 Å². The summed E-state index contributed by atoms with van der Waals surface area (Å²) in [6.07, 6.45) is 4.49. The van der Waals surface area contributed by atoms with Crippen molar-refractivity contribution in [2.24, 2.45) is 0 Å². The summed E-state index contributed by atoms with van der Waals surface area (Å²) in [7, 11) is 0. The molecule has 0 aliphatic carbocycles. The number of amides is 1. The van der Waals surface area contributed by atoms with Crippen molar-refractivity contribution in [1.29, 1.82) is 0 Å². The van der Waals surface area contributed by atoms with Crippen LogP contribution < -0.4 is 5.32 Å². The lowest BCUT2D eigenvalue weighted by molar-refractivity contribution is -0.116. The summed E-state index contributed by atoms with van der Waals surface area (Å²) in [5, 5.41) is 2.96. The highest BCUT2D eigenvalue weighted by Gasteiger charge is 2.11. The second kappa shape index (κ2) is 9.54. The van der Waals surface area contributed by atoms with E-state index in [0.717, 1.165) is 25.3 Å². The Hall–Kier alpha value is -1.35. The highest BCUT2D eigenvalue weighted by molar-refractivity contribution is 5.90. The first-order valence-corrected chi connectivity index (χ1v) is 7.83. The fourth-order valence-corrected chi connectivity index (χ4v) is 2.39. The highest BCUT2D eigenvalue weighted by Crippen LogP contribution is 2.11. The van der Waals surface area contributed by atoms with Gasteiger partial charge < -0.3 is 10.2 Å². The normalized spacial score (nSPS) is 15.2. The van der Waals surface area contributed by atoms with E-state index in [1.807, 2.05) is 45.0 Å². The molecule has 0 bridgehead atoms. The van der Waals surface area contributed by atoms with Crippen molar-refractivity contribution in [3.63, 3.8) is 0 Å². The van der Waals surface area contributed by atoms with Gasteiger partial charge >= 0.3 is 0 Å². The summed E-state index contributed by atoms with van der Waals surface area (Å²) < 4.78 is 0. The SMILES string of the molecule is CC.Cc1cccc(NC(=O)CCN2CCCCC2)c1. The van der Waals surface area contributed by atoms with Crippen molar-refractivity contribution in [3.8, 4) is 0 Å². The zero-order valence-corrected chi connectivity index (χ0v) is 13.1. The van der Waals surface area contributed by atoms with Crippen LogP contribution in [0.4, 0.5) is 5.69 Å². The Kier molecular flexibility index (Phi) is 7.97. The minimum atomic E-state index is 0.117. The molecule has 2 rings (SSSR count). The Labute approximate surface area is 123 Å². The first-order valence-electron chi connectivity index (χ1n) is 7.83. The van der Waals surface area contributed by atoms with Crippen LogP contribution in [0.25, 0.3) is 0 Å². The zero-order valence-electron chi connectivity index (χ0n) is 13.1. The second-order valence-corrected chi connectivity index (χ2v) is 5.07. The number of piperidine rings is 1. The van der Waals surface area contributed by atoms with Gasteiger partial charge in [-0.3, -0.25) is 4.79 Å². The number of rotatable bonds is 4. The molecule has 0 unspecified atom stereocenters. The van der Waals surface area contributed by atoms with Gasteiger partial charge in [0.25, 0.3) is 0 Å². The average Bonchev–Trinajstić information content (AvgIpc) is 2.48. The quantitative estimate of drug-likeness (QED) is 0.906. The molecule has 0 spiro atoms. The molecule has 0 atom stereocenters. The Balaban J connectivity index is 0.000000956. The van der Waals surface area contributed by atoms with Crippen LogP contribution >= 0.6 is 0 Å². The summed E-state index contributed by atoms with van der Waals surface area (Å²) in [5.74, 6) is 0.117. The van der Waals surface area contributed by atoms with Crippen molar-refractivity contribution >= 4 is 11.6 Å². The average molecular weight is 276 g/mol. The predicted octanol–water partition coefficient (Wildman–Crippen LogP) is 3.84.